The molecule has 10 atom stereocenters. The van der Waals surface area contributed by atoms with E-state index < -0.39 is 10.4 Å². The van der Waals surface area contributed by atoms with Crippen LogP contribution < -0.4 is 4.18 Å². The number of ether oxygens (including phenoxy) is 1. The van der Waals surface area contributed by atoms with Gasteiger partial charge in [-0.25, -0.2) is 0 Å². The molecule has 5 fully saturated rings. The molecular weight excluding hydrogens is 560 g/mol. The molecule has 7 rings (SSSR count). The van der Waals surface area contributed by atoms with Crippen molar-refractivity contribution in [1.82, 2.24) is 0 Å². The fraction of sp³-hybridized carbons (Fsp3) is 0.833. The summed E-state index contributed by atoms with van der Waals surface area (Å²) in [5.74, 6) is 2.41. The van der Waals surface area contributed by atoms with Gasteiger partial charge in [0.15, 0.2) is 0 Å². The molecule has 10 unspecified atom stereocenters. The van der Waals surface area contributed by atoms with Gasteiger partial charge in [-0.1, -0.05) is 48.0 Å². The number of phenolic OH excluding ortho intramolecular Hbond substituents is 1. The molecule has 0 amide bonds. The fourth-order valence-corrected chi connectivity index (χ4v) is 14.0. The highest BCUT2D eigenvalue weighted by Gasteiger charge is 2.69. The maximum atomic E-state index is 11.8. The van der Waals surface area contributed by atoms with Crippen LogP contribution in [0.1, 0.15) is 130 Å². The van der Waals surface area contributed by atoms with E-state index in [0.717, 1.165) is 36.8 Å². The molecule has 240 valence electrons. The lowest BCUT2D eigenvalue weighted by Gasteiger charge is -2.69. The van der Waals surface area contributed by atoms with Gasteiger partial charge < -0.3 is 14.0 Å². The summed E-state index contributed by atoms with van der Waals surface area (Å²) in [5, 5.41) is 11.0. The topological polar surface area (TPSA) is 93.1 Å². The van der Waals surface area contributed by atoms with Crippen molar-refractivity contribution in [3.8, 4) is 11.5 Å². The van der Waals surface area contributed by atoms with Crippen LogP contribution in [-0.4, -0.2) is 29.8 Å². The van der Waals surface area contributed by atoms with Crippen LogP contribution in [0.15, 0.2) is 12.1 Å². The number of fused-ring (bicyclic) bond motifs is 10. The van der Waals surface area contributed by atoms with E-state index in [1.54, 1.807) is 0 Å². The highest BCUT2D eigenvalue weighted by atomic mass is 32.3. The lowest BCUT2D eigenvalue weighted by molar-refractivity contribution is -0.240. The lowest BCUT2D eigenvalue weighted by Crippen LogP contribution is -2.64. The van der Waals surface area contributed by atoms with Gasteiger partial charge in [0.1, 0.15) is 11.5 Å². The molecule has 1 aromatic rings. The average Bonchev–Trinajstić information content (AvgIpc) is 3.15. The van der Waals surface area contributed by atoms with Gasteiger partial charge in [-0.05, 0) is 135 Å². The first-order chi connectivity index (χ1) is 19.9. The van der Waals surface area contributed by atoms with E-state index >= 15 is 0 Å². The van der Waals surface area contributed by atoms with Crippen molar-refractivity contribution < 1.29 is 27.0 Å². The molecule has 6 aliphatic rings. The van der Waals surface area contributed by atoms with Crippen molar-refractivity contribution in [2.45, 2.75) is 143 Å². The minimum atomic E-state index is -4.67. The maximum Gasteiger partial charge on any atom is 0.446 e. The molecule has 1 aliphatic heterocycles. The van der Waals surface area contributed by atoms with Crippen molar-refractivity contribution in [1.29, 1.82) is 0 Å². The molecular formula is C36H54O6S. The molecule has 0 aromatic heterocycles. The Labute approximate surface area is 259 Å². The van der Waals surface area contributed by atoms with Crippen LogP contribution in [0, 0.1) is 45.3 Å². The van der Waals surface area contributed by atoms with Crippen LogP contribution in [0.25, 0.3) is 0 Å². The minimum absolute atomic E-state index is 0.0206. The van der Waals surface area contributed by atoms with E-state index in [9.17, 15) is 18.1 Å². The Hall–Kier alpha value is -1.31. The molecule has 43 heavy (non-hydrogen) atoms. The Kier molecular flexibility index (Phi) is 6.46. The summed E-state index contributed by atoms with van der Waals surface area (Å²) in [6.45, 7) is 17.3. The summed E-state index contributed by atoms with van der Waals surface area (Å²) >= 11 is 0. The van der Waals surface area contributed by atoms with Crippen LogP contribution in [0.3, 0.4) is 0 Å². The maximum absolute atomic E-state index is 11.8. The molecule has 7 heteroatoms. The summed E-state index contributed by atoms with van der Waals surface area (Å²) < 4.78 is 45.7. The van der Waals surface area contributed by atoms with Crippen molar-refractivity contribution in [3.05, 3.63) is 23.3 Å². The van der Waals surface area contributed by atoms with E-state index in [4.69, 9.17) is 8.92 Å². The second-order valence-corrected chi connectivity index (χ2v) is 18.7. The largest absolute Gasteiger partial charge is 0.508 e. The third-order valence-corrected chi connectivity index (χ3v) is 15.7. The summed E-state index contributed by atoms with van der Waals surface area (Å²) in [5.41, 5.74) is 1.98. The van der Waals surface area contributed by atoms with Gasteiger partial charge in [0.05, 0.1) is 11.7 Å². The Morgan fingerprint density at radius 3 is 2.09 bits per heavy atom. The fourth-order valence-electron chi connectivity index (χ4n) is 13.6. The normalized spacial score (nSPS) is 48.4. The zero-order valence-electron chi connectivity index (χ0n) is 27.5. The number of benzene rings is 1. The molecule has 0 bridgehead atoms. The van der Waals surface area contributed by atoms with Crippen LogP contribution >= 0.6 is 0 Å². The zero-order valence-corrected chi connectivity index (χ0v) is 28.3. The minimum Gasteiger partial charge on any atom is -0.508 e. The first-order valence-corrected chi connectivity index (χ1v) is 18.4. The number of rotatable bonds is 2. The first-order valence-electron chi connectivity index (χ1n) is 17.1. The summed E-state index contributed by atoms with van der Waals surface area (Å²) in [7, 11) is -4.67. The van der Waals surface area contributed by atoms with Crippen molar-refractivity contribution >= 4 is 10.4 Å². The molecule has 1 saturated heterocycles. The van der Waals surface area contributed by atoms with E-state index in [-0.39, 0.29) is 44.7 Å². The molecule has 5 aliphatic carbocycles. The predicted octanol–water partition coefficient (Wildman–Crippen LogP) is 8.40. The van der Waals surface area contributed by atoms with Gasteiger partial charge in [0.25, 0.3) is 0 Å². The second-order valence-electron chi connectivity index (χ2n) is 17.7. The summed E-state index contributed by atoms with van der Waals surface area (Å²) in [6.07, 6.45) is 13.9. The highest BCUT2D eigenvalue weighted by Crippen LogP contribution is 2.75. The highest BCUT2D eigenvalue weighted by molar-refractivity contribution is 7.81. The van der Waals surface area contributed by atoms with Crippen molar-refractivity contribution in [2.24, 2.45) is 45.3 Å². The molecule has 1 aromatic carbocycles. The third-order valence-electron chi connectivity index (χ3n) is 15.3. The van der Waals surface area contributed by atoms with Gasteiger partial charge in [-0.2, -0.15) is 8.42 Å². The Balaban J connectivity index is 1.23. The SMILES string of the molecule is CC1(C)CCCC2(C)OC3CCC4(C)C(CCC5(C)C6Cc7c(O)ccc(OS(=O)(=O)O)c7C6(C)CCC54)C3(C)CCC12. The van der Waals surface area contributed by atoms with Crippen molar-refractivity contribution in [3.63, 3.8) is 0 Å². The van der Waals surface area contributed by atoms with Crippen LogP contribution in [0.4, 0.5) is 0 Å². The Morgan fingerprint density at radius 1 is 0.767 bits per heavy atom. The van der Waals surface area contributed by atoms with E-state index in [0.29, 0.717) is 35.7 Å². The van der Waals surface area contributed by atoms with Gasteiger partial charge in [0, 0.05) is 16.5 Å². The van der Waals surface area contributed by atoms with E-state index in [1.807, 2.05) is 0 Å². The number of phenols is 1. The zero-order chi connectivity index (χ0) is 31.0. The molecule has 0 radical (unpaired) electrons. The average molecular weight is 615 g/mol. The Morgan fingerprint density at radius 2 is 1.37 bits per heavy atom. The third kappa shape index (κ3) is 4.11. The van der Waals surface area contributed by atoms with E-state index in [1.165, 1.54) is 57.1 Å². The Bertz CT molecular complexity index is 1440. The standard InChI is InChI=1S/C36H54O6S/c1-31(2)15-8-16-36(7)25(31)11-18-34(5)27-12-17-33(4)26(32(27,3)20-14-29(34)41-36)13-19-35(6)28(33)21-22-23(37)9-10-24(30(22)35)42-43(38,39)40/h9-10,25-29,37H,8,11-21H2,1-7H3,(H,38,39,40). The number of hydrogen-bond donors (Lipinski definition) is 2. The summed E-state index contributed by atoms with van der Waals surface area (Å²) in [4.78, 5) is 0. The van der Waals surface area contributed by atoms with Crippen LogP contribution in [0.5, 0.6) is 11.5 Å². The molecule has 4 saturated carbocycles. The molecule has 1 heterocycles. The van der Waals surface area contributed by atoms with Gasteiger partial charge in [-0.3, -0.25) is 4.55 Å². The van der Waals surface area contributed by atoms with Crippen molar-refractivity contribution in [2.75, 3.05) is 0 Å². The van der Waals surface area contributed by atoms with Crippen LogP contribution in [-0.2, 0) is 27.0 Å². The molecule has 0 spiro atoms. The number of aromatic hydroxyl groups is 1. The lowest BCUT2D eigenvalue weighted by atomic mass is 9.36. The van der Waals surface area contributed by atoms with Gasteiger partial charge >= 0.3 is 10.4 Å². The van der Waals surface area contributed by atoms with Gasteiger partial charge in [0.2, 0.25) is 0 Å². The smallest absolute Gasteiger partial charge is 0.446 e. The molecule has 6 nitrogen and oxygen atoms in total. The quantitative estimate of drug-likeness (QED) is 0.325. The second kappa shape index (κ2) is 9.15. The van der Waals surface area contributed by atoms with Crippen LogP contribution in [0.2, 0.25) is 0 Å². The first kappa shape index (κ1) is 30.3. The van der Waals surface area contributed by atoms with E-state index in [2.05, 4.69) is 48.5 Å². The number of hydrogen-bond acceptors (Lipinski definition) is 5. The predicted molar refractivity (Wildman–Crippen MR) is 167 cm³/mol. The monoisotopic (exact) mass is 614 g/mol. The molecule has 2 N–H and O–H groups in total. The summed E-state index contributed by atoms with van der Waals surface area (Å²) in [6, 6.07) is 3.03. The van der Waals surface area contributed by atoms with Gasteiger partial charge in [-0.15, -0.1) is 0 Å².